The van der Waals surface area contributed by atoms with E-state index in [9.17, 15) is 9.18 Å². The van der Waals surface area contributed by atoms with Crippen LogP contribution < -0.4 is 0 Å². The monoisotopic (exact) mass is 396 g/mol. The Morgan fingerprint density at radius 1 is 1.17 bits per heavy atom. The van der Waals surface area contributed by atoms with Crippen LogP contribution in [0.5, 0.6) is 0 Å². The van der Waals surface area contributed by atoms with Crippen molar-refractivity contribution < 1.29 is 13.9 Å². The van der Waals surface area contributed by atoms with E-state index in [0.717, 1.165) is 67.9 Å². The molecular weight excluding hydrogens is 367 g/mol. The van der Waals surface area contributed by atoms with E-state index < -0.39 is 0 Å². The van der Waals surface area contributed by atoms with Gasteiger partial charge >= 0.3 is 0 Å². The SMILES string of the molecule is Cc1cc(Cc2cccc(F)c2)cc(C2CCN(C(=O)C[C@H]3CCCO3)CC2)n1. The van der Waals surface area contributed by atoms with Crippen LogP contribution in [0, 0.1) is 12.7 Å². The fourth-order valence-electron chi connectivity index (χ4n) is 4.52. The average Bonchev–Trinajstić information content (AvgIpc) is 3.21. The number of piperidine rings is 1. The van der Waals surface area contributed by atoms with E-state index in [1.165, 1.54) is 6.07 Å². The van der Waals surface area contributed by atoms with Crippen LogP contribution in [0.4, 0.5) is 4.39 Å². The van der Waals surface area contributed by atoms with E-state index >= 15 is 0 Å². The summed E-state index contributed by atoms with van der Waals surface area (Å²) in [5.74, 6) is 0.390. The Hall–Kier alpha value is -2.27. The Morgan fingerprint density at radius 3 is 2.72 bits per heavy atom. The number of likely N-dealkylation sites (tertiary alicyclic amines) is 1. The van der Waals surface area contributed by atoms with Gasteiger partial charge in [-0.25, -0.2) is 4.39 Å². The maximum absolute atomic E-state index is 13.5. The van der Waals surface area contributed by atoms with Crippen LogP contribution in [0.2, 0.25) is 0 Å². The molecule has 2 aliphatic heterocycles. The highest BCUT2D eigenvalue weighted by atomic mass is 19.1. The molecule has 4 nitrogen and oxygen atoms in total. The molecule has 1 aromatic carbocycles. The standard InChI is InChI=1S/C24H29FN2O2/c1-17-12-19(13-18-4-2-5-21(25)14-18)15-23(26-17)20-7-9-27(10-8-20)24(28)16-22-6-3-11-29-22/h2,4-5,12,14-15,20,22H,3,6-11,13,16H2,1H3/t22-/m1/s1. The molecule has 0 radical (unpaired) electrons. The van der Waals surface area contributed by atoms with Crippen molar-refractivity contribution in [1.82, 2.24) is 9.88 Å². The van der Waals surface area contributed by atoms with Gasteiger partial charge in [0.25, 0.3) is 0 Å². The lowest BCUT2D eigenvalue weighted by atomic mass is 9.91. The first kappa shape index (κ1) is 20.0. The Kier molecular flexibility index (Phi) is 6.24. The normalized spacial score (nSPS) is 20.2. The number of aromatic nitrogens is 1. The molecule has 1 atom stereocenters. The van der Waals surface area contributed by atoms with Gasteiger partial charge in [0.2, 0.25) is 5.91 Å². The lowest BCUT2D eigenvalue weighted by Gasteiger charge is -2.32. The minimum absolute atomic E-state index is 0.115. The van der Waals surface area contributed by atoms with Gasteiger partial charge in [0.15, 0.2) is 0 Å². The first-order chi connectivity index (χ1) is 14.1. The largest absolute Gasteiger partial charge is 0.378 e. The number of benzene rings is 1. The minimum atomic E-state index is -0.200. The van der Waals surface area contributed by atoms with E-state index in [-0.39, 0.29) is 17.8 Å². The van der Waals surface area contributed by atoms with Gasteiger partial charge in [-0.2, -0.15) is 0 Å². The van der Waals surface area contributed by atoms with Crippen molar-refractivity contribution in [2.24, 2.45) is 0 Å². The van der Waals surface area contributed by atoms with Gasteiger partial charge in [-0.15, -0.1) is 0 Å². The topological polar surface area (TPSA) is 42.4 Å². The smallest absolute Gasteiger partial charge is 0.225 e. The van der Waals surface area contributed by atoms with Crippen LogP contribution in [0.25, 0.3) is 0 Å². The van der Waals surface area contributed by atoms with Crippen LogP contribution in [0.1, 0.15) is 60.5 Å². The van der Waals surface area contributed by atoms with Crippen LogP contribution in [0.15, 0.2) is 36.4 Å². The van der Waals surface area contributed by atoms with Gasteiger partial charge in [0.1, 0.15) is 5.82 Å². The third-order valence-electron chi connectivity index (χ3n) is 6.02. The zero-order valence-electron chi connectivity index (χ0n) is 17.1. The number of aryl methyl sites for hydroxylation is 1. The number of carbonyl (C=O) groups excluding carboxylic acids is 1. The molecule has 0 bridgehead atoms. The molecule has 0 unspecified atom stereocenters. The van der Waals surface area contributed by atoms with Gasteiger partial charge in [0, 0.05) is 37.0 Å². The van der Waals surface area contributed by atoms with E-state index in [0.29, 0.717) is 18.8 Å². The molecule has 0 aliphatic carbocycles. The fourth-order valence-corrected chi connectivity index (χ4v) is 4.52. The van der Waals surface area contributed by atoms with Crippen molar-refractivity contribution in [2.45, 2.75) is 57.5 Å². The fraction of sp³-hybridized carbons (Fsp3) is 0.500. The number of hydrogen-bond acceptors (Lipinski definition) is 3. The number of pyridine rings is 1. The van der Waals surface area contributed by atoms with Gasteiger partial charge in [-0.1, -0.05) is 12.1 Å². The van der Waals surface area contributed by atoms with Crippen LogP contribution in [0.3, 0.4) is 0 Å². The summed E-state index contributed by atoms with van der Waals surface area (Å²) in [6.07, 6.45) is 5.28. The van der Waals surface area contributed by atoms with E-state index in [1.807, 2.05) is 17.9 Å². The summed E-state index contributed by atoms with van der Waals surface area (Å²) in [5, 5.41) is 0. The molecule has 29 heavy (non-hydrogen) atoms. The van der Waals surface area contributed by atoms with Gasteiger partial charge < -0.3 is 9.64 Å². The number of carbonyl (C=O) groups is 1. The number of hydrogen-bond donors (Lipinski definition) is 0. The predicted octanol–water partition coefficient (Wildman–Crippen LogP) is 4.40. The molecule has 2 fully saturated rings. The van der Waals surface area contributed by atoms with Crippen LogP contribution in [-0.4, -0.2) is 41.6 Å². The zero-order valence-corrected chi connectivity index (χ0v) is 17.1. The summed E-state index contributed by atoms with van der Waals surface area (Å²) >= 11 is 0. The van der Waals surface area contributed by atoms with E-state index in [2.05, 4.69) is 12.1 Å². The van der Waals surface area contributed by atoms with Crippen molar-refractivity contribution in [1.29, 1.82) is 0 Å². The number of nitrogens with zero attached hydrogens (tertiary/aromatic N) is 2. The van der Waals surface area contributed by atoms with Crippen LogP contribution in [-0.2, 0) is 16.0 Å². The Morgan fingerprint density at radius 2 is 2.00 bits per heavy atom. The quantitative estimate of drug-likeness (QED) is 0.753. The first-order valence-corrected chi connectivity index (χ1v) is 10.7. The molecule has 1 aromatic heterocycles. The summed E-state index contributed by atoms with van der Waals surface area (Å²) in [4.78, 5) is 19.3. The van der Waals surface area contributed by atoms with E-state index in [1.54, 1.807) is 12.1 Å². The molecule has 2 saturated heterocycles. The average molecular weight is 397 g/mol. The van der Waals surface area contributed by atoms with Gasteiger partial charge in [0.05, 0.1) is 12.5 Å². The molecule has 4 rings (SSSR count). The first-order valence-electron chi connectivity index (χ1n) is 10.7. The molecule has 3 heterocycles. The third kappa shape index (κ3) is 5.21. The second-order valence-electron chi connectivity index (χ2n) is 8.34. The van der Waals surface area contributed by atoms with Gasteiger partial charge in [-0.05, 0) is 74.4 Å². The highest BCUT2D eigenvalue weighted by Crippen LogP contribution is 2.29. The lowest BCUT2D eigenvalue weighted by Crippen LogP contribution is -2.39. The van der Waals surface area contributed by atoms with Crippen molar-refractivity contribution in [3.05, 3.63) is 64.7 Å². The lowest BCUT2D eigenvalue weighted by molar-refractivity contribution is -0.134. The molecule has 1 amide bonds. The zero-order chi connectivity index (χ0) is 20.2. The highest BCUT2D eigenvalue weighted by molar-refractivity contribution is 5.76. The number of ether oxygens (including phenoxy) is 1. The maximum atomic E-state index is 13.5. The van der Waals surface area contributed by atoms with Crippen molar-refractivity contribution in [2.75, 3.05) is 19.7 Å². The molecule has 5 heteroatoms. The molecule has 154 valence electrons. The molecule has 2 aliphatic rings. The summed E-state index contributed by atoms with van der Waals surface area (Å²) < 4.78 is 19.1. The molecular formula is C24H29FN2O2. The Bertz CT molecular complexity index is 856. The Labute approximate surface area is 172 Å². The third-order valence-corrected chi connectivity index (χ3v) is 6.02. The van der Waals surface area contributed by atoms with Crippen molar-refractivity contribution >= 4 is 5.91 Å². The Balaban J connectivity index is 1.37. The highest BCUT2D eigenvalue weighted by Gasteiger charge is 2.27. The molecule has 2 aromatic rings. The minimum Gasteiger partial charge on any atom is -0.378 e. The van der Waals surface area contributed by atoms with Crippen molar-refractivity contribution in [3.8, 4) is 0 Å². The summed E-state index contributed by atoms with van der Waals surface area (Å²) in [5.41, 5.74) is 4.22. The molecule has 0 saturated carbocycles. The summed E-state index contributed by atoms with van der Waals surface area (Å²) in [7, 11) is 0. The van der Waals surface area contributed by atoms with Gasteiger partial charge in [-0.3, -0.25) is 9.78 Å². The second kappa shape index (κ2) is 9.04. The van der Waals surface area contributed by atoms with Crippen molar-refractivity contribution in [3.63, 3.8) is 0 Å². The summed E-state index contributed by atoms with van der Waals surface area (Å²) in [6.45, 7) is 4.37. The molecule has 0 N–H and O–H groups in total. The van der Waals surface area contributed by atoms with Crippen LogP contribution >= 0.6 is 0 Å². The maximum Gasteiger partial charge on any atom is 0.225 e. The number of rotatable bonds is 5. The second-order valence-corrected chi connectivity index (χ2v) is 8.34. The predicted molar refractivity (Wildman–Crippen MR) is 110 cm³/mol. The molecule has 0 spiro atoms. The number of halogens is 1. The summed E-state index contributed by atoms with van der Waals surface area (Å²) in [6, 6.07) is 11.0. The number of amides is 1. The van der Waals surface area contributed by atoms with E-state index in [4.69, 9.17) is 9.72 Å².